The van der Waals surface area contributed by atoms with E-state index < -0.39 is 10.3 Å². The van der Waals surface area contributed by atoms with Gasteiger partial charge in [0.15, 0.2) is 0 Å². The van der Waals surface area contributed by atoms with E-state index in [1.807, 2.05) is 42.8 Å². The van der Waals surface area contributed by atoms with Gasteiger partial charge in [-0.2, -0.15) is 0 Å². The first-order valence-electron chi connectivity index (χ1n) is 4.20. The highest BCUT2D eigenvalue weighted by Crippen LogP contribution is 2.49. The van der Waals surface area contributed by atoms with Crippen molar-refractivity contribution in [2.45, 2.75) is 4.90 Å². The van der Waals surface area contributed by atoms with Crippen molar-refractivity contribution in [3.63, 3.8) is 0 Å². The van der Waals surface area contributed by atoms with Gasteiger partial charge in [0.25, 0.3) is 0 Å². The molecule has 0 fully saturated rings. The van der Waals surface area contributed by atoms with Gasteiger partial charge in [-0.3, -0.25) is 0 Å². The largest absolute Gasteiger partial charge is 0.408 e. The van der Waals surface area contributed by atoms with Crippen LogP contribution in [0.15, 0.2) is 47.9 Å². The first kappa shape index (κ1) is 10.9. The lowest BCUT2D eigenvalue weighted by Gasteiger charge is -2.30. The van der Waals surface area contributed by atoms with Crippen molar-refractivity contribution in [1.82, 2.24) is 0 Å². The van der Waals surface area contributed by atoms with Crippen LogP contribution in [0.3, 0.4) is 0 Å². The van der Waals surface area contributed by atoms with Crippen LogP contribution in [0.4, 0.5) is 0 Å². The van der Waals surface area contributed by atoms with Gasteiger partial charge in [0.1, 0.15) is 0 Å². The Morgan fingerprint density at radius 3 is 2.43 bits per heavy atom. The lowest BCUT2D eigenvalue weighted by atomic mass is 10.4. The zero-order valence-corrected chi connectivity index (χ0v) is 9.21. The minimum absolute atomic E-state index is 0.367. The van der Waals surface area contributed by atoms with Crippen LogP contribution in [-0.4, -0.2) is 18.5 Å². The van der Waals surface area contributed by atoms with Crippen LogP contribution in [0.1, 0.15) is 0 Å². The first-order valence-corrected chi connectivity index (χ1v) is 6.58. The molecule has 0 unspecified atom stereocenters. The second-order valence-electron chi connectivity index (χ2n) is 3.15. The van der Waals surface area contributed by atoms with Crippen LogP contribution in [-0.2, 0) is 8.98 Å². The average Bonchev–Trinajstić information content (AvgIpc) is 2.18. The maximum absolute atomic E-state index is 11.1. The Hall–Kier alpha value is -1.22. The summed E-state index contributed by atoms with van der Waals surface area (Å²) in [6.07, 6.45) is 5.06. The second-order valence-corrected chi connectivity index (χ2v) is 6.26. The van der Waals surface area contributed by atoms with E-state index in [2.05, 4.69) is 6.58 Å². The molecule has 0 amide bonds. The van der Waals surface area contributed by atoms with Crippen LogP contribution in [0.25, 0.3) is 0 Å². The highest BCUT2D eigenvalue weighted by molar-refractivity contribution is 8.29. The molecule has 1 aromatic rings. The molecule has 0 saturated heterocycles. The summed E-state index contributed by atoms with van der Waals surface area (Å²) in [5.41, 5.74) is 0. The maximum atomic E-state index is 11.1. The van der Waals surface area contributed by atoms with E-state index in [9.17, 15) is 4.79 Å². The van der Waals surface area contributed by atoms with Crippen molar-refractivity contribution in [1.29, 1.82) is 0 Å². The van der Waals surface area contributed by atoms with Crippen LogP contribution in [0, 0.1) is 0 Å². The fourth-order valence-electron chi connectivity index (χ4n) is 1.04. The van der Waals surface area contributed by atoms with Crippen LogP contribution >= 0.6 is 10.3 Å². The molecule has 0 bridgehead atoms. The molecule has 3 heteroatoms. The fourth-order valence-corrected chi connectivity index (χ4v) is 2.42. The van der Waals surface area contributed by atoms with Crippen molar-refractivity contribution < 1.29 is 8.98 Å². The number of hydrogen-bond donors (Lipinski definition) is 0. The molecule has 0 N–H and O–H groups in total. The topological polar surface area (TPSA) is 26.3 Å². The van der Waals surface area contributed by atoms with Gasteiger partial charge in [-0.05, 0) is 12.1 Å². The van der Waals surface area contributed by atoms with E-state index in [0.717, 1.165) is 4.90 Å². The molecule has 0 aliphatic heterocycles. The monoisotopic (exact) mass is 210 g/mol. The molecule has 0 saturated carbocycles. The van der Waals surface area contributed by atoms with Crippen molar-refractivity contribution in [2.75, 3.05) is 12.5 Å². The van der Waals surface area contributed by atoms with Crippen LogP contribution in [0.5, 0.6) is 0 Å². The van der Waals surface area contributed by atoms with Gasteiger partial charge >= 0.3 is 5.97 Å². The van der Waals surface area contributed by atoms with Crippen molar-refractivity contribution in [3.8, 4) is 0 Å². The summed E-state index contributed by atoms with van der Waals surface area (Å²) in [6, 6.07) is 9.74. The Bertz CT molecular complexity index is 330. The quantitative estimate of drug-likeness (QED) is 0.717. The zero-order chi connectivity index (χ0) is 10.6. The summed E-state index contributed by atoms with van der Waals surface area (Å²) in [7, 11) is -1.49. The van der Waals surface area contributed by atoms with Gasteiger partial charge in [-0.1, -0.05) is 35.1 Å². The predicted molar refractivity (Wildman–Crippen MR) is 60.4 cm³/mol. The third-order valence-electron chi connectivity index (χ3n) is 1.77. The van der Waals surface area contributed by atoms with Gasteiger partial charge in [0.2, 0.25) is 0 Å². The number of hydrogen-bond acceptors (Lipinski definition) is 2. The van der Waals surface area contributed by atoms with E-state index in [-0.39, 0.29) is 5.97 Å². The SMILES string of the molecule is C=CC(=O)OS(C)(C)c1ccccc1. The molecular weight excluding hydrogens is 196 g/mol. The molecule has 1 rings (SSSR count). The van der Waals surface area contributed by atoms with E-state index in [4.69, 9.17) is 4.18 Å². The van der Waals surface area contributed by atoms with Gasteiger partial charge in [0, 0.05) is 23.5 Å². The van der Waals surface area contributed by atoms with Gasteiger partial charge in [0.05, 0.1) is 0 Å². The molecule has 0 aliphatic rings. The summed E-state index contributed by atoms with van der Waals surface area (Å²) >= 11 is 0. The summed E-state index contributed by atoms with van der Waals surface area (Å²) < 4.78 is 5.30. The number of carbonyl (C=O) groups excluding carboxylic acids is 1. The highest BCUT2D eigenvalue weighted by atomic mass is 32.3. The normalized spacial score (nSPS) is 11.9. The van der Waals surface area contributed by atoms with E-state index in [0.29, 0.717) is 0 Å². The molecule has 0 heterocycles. The average molecular weight is 210 g/mol. The molecule has 0 aliphatic carbocycles. The van der Waals surface area contributed by atoms with Crippen molar-refractivity contribution in [3.05, 3.63) is 43.0 Å². The van der Waals surface area contributed by atoms with E-state index in [1.54, 1.807) is 0 Å². The Balaban J connectivity index is 2.85. The predicted octanol–water partition coefficient (Wildman–Crippen LogP) is 2.75. The lowest BCUT2D eigenvalue weighted by Crippen LogP contribution is -2.06. The Morgan fingerprint density at radius 2 is 1.93 bits per heavy atom. The van der Waals surface area contributed by atoms with Crippen molar-refractivity contribution >= 4 is 16.3 Å². The summed E-state index contributed by atoms with van der Waals surface area (Å²) in [4.78, 5) is 12.1. The molecule has 76 valence electrons. The molecule has 0 atom stereocenters. The van der Waals surface area contributed by atoms with Crippen LogP contribution < -0.4 is 0 Å². The number of benzene rings is 1. The molecule has 0 spiro atoms. The second kappa shape index (κ2) is 4.33. The maximum Gasteiger partial charge on any atom is 0.340 e. The Kier molecular flexibility index (Phi) is 3.36. The number of rotatable bonds is 3. The summed E-state index contributed by atoms with van der Waals surface area (Å²) in [5.74, 6) is -0.367. The third-order valence-corrected chi connectivity index (χ3v) is 3.76. The summed E-state index contributed by atoms with van der Waals surface area (Å²) in [5, 5.41) is 0. The minimum Gasteiger partial charge on any atom is -0.408 e. The van der Waals surface area contributed by atoms with Gasteiger partial charge in [-0.15, -0.1) is 0 Å². The number of carbonyl (C=O) groups is 1. The van der Waals surface area contributed by atoms with Crippen molar-refractivity contribution in [2.24, 2.45) is 0 Å². The molecule has 0 aromatic heterocycles. The molecule has 0 radical (unpaired) electrons. The minimum atomic E-state index is -1.49. The van der Waals surface area contributed by atoms with Crippen LogP contribution in [0.2, 0.25) is 0 Å². The smallest absolute Gasteiger partial charge is 0.340 e. The molecule has 14 heavy (non-hydrogen) atoms. The van der Waals surface area contributed by atoms with Gasteiger partial charge < -0.3 is 4.18 Å². The standard InChI is InChI=1S/C11H14O2S/c1-4-11(12)13-14(2,3)10-8-6-5-7-9-10/h4-9H,1H2,2-3H3. The Labute approximate surface area is 86.1 Å². The molecular formula is C11H14O2S. The fraction of sp³-hybridized carbons (Fsp3) is 0.182. The highest BCUT2D eigenvalue weighted by Gasteiger charge is 2.17. The van der Waals surface area contributed by atoms with E-state index >= 15 is 0 Å². The third kappa shape index (κ3) is 2.64. The lowest BCUT2D eigenvalue weighted by molar-refractivity contribution is -0.128. The van der Waals surface area contributed by atoms with Gasteiger partial charge in [-0.25, -0.2) is 4.79 Å². The Morgan fingerprint density at radius 1 is 1.36 bits per heavy atom. The first-order chi connectivity index (χ1) is 6.56. The van der Waals surface area contributed by atoms with E-state index in [1.165, 1.54) is 6.08 Å². The molecule has 1 aromatic carbocycles. The summed E-state index contributed by atoms with van der Waals surface area (Å²) in [6.45, 7) is 3.38. The zero-order valence-electron chi connectivity index (χ0n) is 8.40. The molecule has 2 nitrogen and oxygen atoms in total.